The third kappa shape index (κ3) is 3.98. The molecule has 0 saturated carbocycles. The molecule has 0 radical (unpaired) electrons. The van der Waals surface area contributed by atoms with Crippen LogP contribution in [0.15, 0.2) is 42.2 Å². The Balaban J connectivity index is 1.69. The fraction of sp³-hybridized carbons (Fsp3) is 0.360. The first-order valence-corrected chi connectivity index (χ1v) is 11.8. The molecule has 2 aromatic heterocycles. The van der Waals surface area contributed by atoms with E-state index in [1.54, 1.807) is 18.3 Å². The monoisotopic (exact) mass is 498 g/mol. The molecule has 0 bridgehead atoms. The van der Waals surface area contributed by atoms with Gasteiger partial charge in [0.05, 0.1) is 23.3 Å². The van der Waals surface area contributed by atoms with Crippen LogP contribution in [0.5, 0.6) is 5.88 Å². The summed E-state index contributed by atoms with van der Waals surface area (Å²) in [7, 11) is 3.36. The minimum absolute atomic E-state index is 0.359. The van der Waals surface area contributed by atoms with Crippen LogP contribution < -0.4 is 15.7 Å². The lowest BCUT2D eigenvalue weighted by molar-refractivity contribution is 0.0583. The highest BCUT2D eigenvalue weighted by Gasteiger charge is 2.42. The number of likely N-dealkylation sites (N-methyl/N-ethyl adjacent to an activating group) is 1. The number of hydrogen-bond acceptors (Lipinski definition) is 8. The normalized spacial score (nSPS) is 18.3. The first-order chi connectivity index (χ1) is 16.7. The van der Waals surface area contributed by atoms with Crippen molar-refractivity contribution in [3.63, 3.8) is 0 Å². The fourth-order valence-corrected chi connectivity index (χ4v) is 5.14. The van der Waals surface area contributed by atoms with E-state index in [1.165, 1.54) is 0 Å². The third-order valence-corrected chi connectivity index (χ3v) is 7.10. The molecule has 1 aromatic carbocycles. The van der Waals surface area contributed by atoms with Gasteiger partial charge in [-0.1, -0.05) is 23.7 Å². The summed E-state index contributed by atoms with van der Waals surface area (Å²) in [5, 5.41) is 15.2. The van der Waals surface area contributed by atoms with Gasteiger partial charge < -0.3 is 15.3 Å². The van der Waals surface area contributed by atoms with Gasteiger partial charge in [-0.2, -0.15) is 0 Å². The zero-order valence-electron chi connectivity index (χ0n) is 20.1. The number of aryl methyl sites for hydroxylation is 2. The van der Waals surface area contributed by atoms with Gasteiger partial charge in [0.25, 0.3) is 0 Å². The third-order valence-electron chi connectivity index (χ3n) is 6.67. The number of aromatic nitrogens is 2. The van der Waals surface area contributed by atoms with Crippen molar-refractivity contribution in [1.82, 2.24) is 30.8 Å². The van der Waals surface area contributed by atoms with Crippen molar-refractivity contribution in [3.8, 4) is 5.88 Å². The predicted molar refractivity (Wildman–Crippen MR) is 132 cm³/mol. The smallest absolute Gasteiger partial charge is 0.219 e. The van der Waals surface area contributed by atoms with Crippen molar-refractivity contribution < 1.29 is 14.2 Å². The summed E-state index contributed by atoms with van der Waals surface area (Å²) in [6.45, 7) is 4.95. The van der Waals surface area contributed by atoms with E-state index in [0.717, 1.165) is 5.69 Å². The fourth-order valence-electron chi connectivity index (χ4n) is 4.85. The second-order valence-corrected chi connectivity index (χ2v) is 9.46. The summed E-state index contributed by atoms with van der Waals surface area (Å²) < 4.78 is 18.9. The van der Waals surface area contributed by atoms with E-state index in [4.69, 9.17) is 16.3 Å². The Hall–Kier alpha value is -2.98. The van der Waals surface area contributed by atoms with E-state index in [0.29, 0.717) is 69.5 Å². The number of likely N-dealkylation sites (tertiary alicyclic amines) is 1. The van der Waals surface area contributed by atoms with Crippen LogP contribution in [0.3, 0.4) is 0 Å². The van der Waals surface area contributed by atoms with Crippen LogP contribution in [-0.2, 0) is 12.1 Å². The number of benzene rings is 1. The number of ether oxygens (including phenoxy) is 1. The first kappa shape index (κ1) is 23.7. The Morgan fingerprint density at radius 2 is 2.00 bits per heavy atom. The topological polar surface area (TPSA) is 85.8 Å². The summed E-state index contributed by atoms with van der Waals surface area (Å²) in [6.07, 6.45) is 0.903. The first-order valence-electron chi connectivity index (χ1n) is 11.4. The number of fused-ring (bicyclic) bond motifs is 1. The Labute approximate surface area is 208 Å². The zero-order valence-corrected chi connectivity index (χ0v) is 20.8. The maximum atomic E-state index is 13.4. The van der Waals surface area contributed by atoms with Crippen molar-refractivity contribution in [2.45, 2.75) is 32.2 Å². The van der Waals surface area contributed by atoms with E-state index in [1.807, 2.05) is 56.1 Å². The van der Waals surface area contributed by atoms with Gasteiger partial charge in [-0.05, 0) is 37.6 Å². The second kappa shape index (κ2) is 8.91. The molecule has 35 heavy (non-hydrogen) atoms. The highest BCUT2D eigenvalue weighted by atomic mass is 35.5. The van der Waals surface area contributed by atoms with Gasteiger partial charge in [-0.25, -0.2) is 9.37 Å². The molecule has 0 spiro atoms. The number of alkyl halides is 1. The average Bonchev–Trinajstić information content (AvgIpc) is 3.25. The summed E-state index contributed by atoms with van der Waals surface area (Å²) in [5.74, 6) is 0.415. The highest BCUT2D eigenvalue weighted by Crippen LogP contribution is 2.42. The summed E-state index contributed by atoms with van der Waals surface area (Å²) in [4.78, 5) is 11.2. The van der Waals surface area contributed by atoms with Crippen LogP contribution in [0.2, 0.25) is 5.02 Å². The average molecular weight is 499 g/mol. The van der Waals surface area contributed by atoms with E-state index in [9.17, 15) is 9.50 Å². The molecule has 4 heterocycles. The molecule has 2 aliphatic heterocycles. The van der Waals surface area contributed by atoms with Gasteiger partial charge in [0, 0.05) is 60.8 Å². The molecule has 0 aliphatic carbocycles. The van der Waals surface area contributed by atoms with Crippen molar-refractivity contribution in [1.29, 1.82) is 0 Å². The Morgan fingerprint density at radius 1 is 1.23 bits per heavy atom. The molecule has 8 nitrogen and oxygen atoms in total. The molecule has 1 fully saturated rings. The minimum Gasteiger partial charge on any atom is -0.481 e. The van der Waals surface area contributed by atoms with Gasteiger partial charge in [0.15, 0.2) is 5.60 Å². The number of nitrogens with zero attached hydrogens (tertiary/aromatic N) is 4. The van der Waals surface area contributed by atoms with Crippen molar-refractivity contribution in [2.24, 2.45) is 0 Å². The Bertz CT molecular complexity index is 1330. The van der Waals surface area contributed by atoms with Gasteiger partial charge in [-0.15, -0.1) is 5.53 Å². The quantitative estimate of drug-likeness (QED) is 0.478. The predicted octanol–water partition coefficient (Wildman–Crippen LogP) is 3.09. The zero-order chi connectivity index (χ0) is 24.9. The van der Waals surface area contributed by atoms with Gasteiger partial charge in [0.1, 0.15) is 6.17 Å². The molecular formula is C25H28ClFN6O2. The van der Waals surface area contributed by atoms with Gasteiger partial charge in [-0.3, -0.25) is 14.9 Å². The van der Waals surface area contributed by atoms with Crippen LogP contribution in [0, 0.1) is 13.8 Å². The number of nitrogens with one attached hydrogen (secondary N) is 2. The second-order valence-electron chi connectivity index (χ2n) is 9.08. The number of rotatable bonds is 6. The number of hydrogen-bond donors (Lipinski definition) is 3. The van der Waals surface area contributed by atoms with E-state index >= 15 is 0 Å². The summed E-state index contributed by atoms with van der Waals surface area (Å²) in [5.41, 5.74) is 9.16. The van der Waals surface area contributed by atoms with Crippen molar-refractivity contribution in [3.05, 3.63) is 75.3 Å². The Kier molecular flexibility index (Phi) is 6.04. The van der Waals surface area contributed by atoms with Gasteiger partial charge >= 0.3 is 0 Å². The van der Waals surface area contributed by atoms with Crippen LogP contribution in [0.25, 0.3) is 10.9 Å². The lowest BCUT2D eigenvalue weighted by Crippen LogP contribution is -2.47. The number of aliphatic hydroxyl groups is 1. The molecule has 0 amide bonds. The molecule has 3 N–H and O–H groups in total. The van der Waals surface area contributed by atoms with Crippen molar-refractivity contribution in [2.75, 3.05) is 27.2 Å². The molecule has 1 atom stereocenters. The maximum Gasteiger partial charge on any atom is 0.219 e. The Morgan fingerprint density at radius 3 is 2.63 bits per heavy atom. The number of pyridine rings is 2. The summed E-state index contributed by atoms with van der Waals surface area (Å²) in [6, 6.07) is 9.29. The molecule has 184 valence electrons. The van der Waals surface area contributed by atoms with E-state index < -0.39 is 11.8 Å². The van der Waals surface area contributed by atoms with Crippen LogP contribution in [0.1, 0.15) is 28.1 Å². The number of methoxy groups -OCH3 is 1. The molecule has 5 rings (SSSR count). The summed E-state index contributed by atoms with van der Waals surface area (Å²) >= 11 is 6.91. The highest BCUT2D eigenvalue weighted by molar-refractivity contribution is 6.36. The molecular weight excluding hydrogens is 471 g/mol. The molecule has 10 heteroatoms. The maximum absolute atomic E-state index is 13.4. The molecule has 2 aliphatic rings. The minimum atomic E-state index is -1.54. The van der Waals surface area contributed by atoms with E-state index in [2.05, 4.69) is 20.9 Å². The largest absolute Gasteiger partial charge is 0.481 e. The lowest BCUT2D eigenvalue weighted by atomic mass is 9.82. The standard InChI is InChI=1S/C25H28ClFN6O2/c1-14-5-7-20(15(2)29-14)25(34,22-10-28-31-32(22)3)16-6-8-21-18(9-16)23(26)19(24(30-21)35-4)13-33-11-17(27)12-33/h5-10,17,28,31,34H,11-13H2,1-4H3. The molecule has 1 saturated heterocycles. The van der Waals surface area contributed by atoms with Crippen LogP contribution in [0.4, 0.5) is 4.39 Å². The van der Waals surface area contributed by atoms with Crippen molar-refractivity contribution >= 4 is 22.5 Å². The number of halogens is 2. The van der Waals surface area contributed by atoms with Crippen LogP contribution >= 0.6 is 11.6 Å². The van der Waals surface area contributed by atoms with Gasteiger partial charge in [0.2, 0.25) is 5.88 Å². The lowest BCUT2D eigenvalue weighted by Gasteiger charge is -2.35. The number of hydrazine groups is 2. The molecule has 3 aromatic rings. The SMILES string of the molecule is COc1nc2ccc(C(O)(C3=CNNN3C)c3ccc(C)nc3C)cc2c(Cl)c1CN1CC(F)C1. The molecule has 1 unspecified atom stereocenters. The van der Waals surface area contributed by atoms with E-state index in [-0.39, 0.29) is 0 Å². The van der Waals surface area contributed by atoms with Crippen LogP contribution in [-0.4, -0.2) is 58.4 Å².